The highest BCUT2D eigenvalue weighted by Crippen LogP contribution is 2.34. The first-order chi connectivity index (χ1) is 15.1. The van der Waals surface area contributed by atoms with E-state index in [1.165, 1.54) is 29.5 Å². The van der Waals surface area contributed by atoms with Crippen LogP contribution in [0.15, 0.2) is 42.5 Å². The highest BCUT2D eigenvalue weighted by Gasteiger charge is 2.33. The average molecular weight is 515 g/mol. The van der Waals surface area contributed by atoms with Crippen LogP contribution in [0, 0.1) is 0 Å². The van der Waals surface area contributed by atoms with E-state index < -0.39 is 22.0 Å². The van der Waals surface area contributed by atoms with Crippen LogP contribution in [0.3, 0.4) is 0 Å². The molecule has 8 nitrogen and oxygen atoms in total. The second-order valence-corrected chi connectivity index (χ2v) is 10.4. The van der Waals surface area contributed by atoms with Crippen molar-refractivity contribution in [1.29, 1.82) is 0 Å². The second kappa shape index (κ2) is 10.0. The van der Waals surface area contributed by atoms with Gasteiger partial charge in [0.1, 0.15) is 16.8 Å². The van der Waals surface area contributed by atoms with Crippen molar-refractivity contribution in [3.8, 4) is 16.3 Å². The predicted molar refractivity (Wildman–Crippen MR) is 128 cm³/mol. The highest BCUT2D eigenvalue weighted by molar-refractivity contribution is 7.92. The van der Waals surface area contributed by atoms with Gasteiger partial charge in [0.05, 0.1) is 24.1 Å². The number of hydrogen-bond acceptors (Lipinski definition) is 7. The number of aromatic nitrogens is 2. The minimum Gasteiger partial charge on any atom is -0.497 e. The Morgan fingerprint density at radius 2 is 1.88 bits per heavy atom. The zero-order valence-corrected chi connectivity index (χ0v) is 20.5. The van der Waals surface area contributed by atoms with Crippen molar-refractivity contribution in [1.82, 2.24) is 10.2 Å². The van der Waals surface area contributed by atoms with E-state index in [2.05, 4.69) is 15.5 Å². The zero-order valence-electron chi connectivity index (χ0n) is 17.4. The lowest BCUT2D eigenvalue weighted by Crippen LogP contribution is -2.47. The Bertz CT molecular complexity index is 1220. The topological polar surface area (TPSA) is 101 Å². The fraction of sp³-hybridized carbons (Fsp3) is 0.250. The summed E-state index contributed by atoms with van der Waals surface area (Å²) in [5.41, 5.74) is 0.930. The monoisotopic (exact) mass is 514 g/mol. The Morgan fingerprint density at radius 3 is 2.47 bits per heavy atom. The van der Waals surface area contributed by atoms with Crippen molar-refractivity contribution in [3.05, 3.63) is 52.5 Å². The molecular formula is C20H20Cl2N4O4S2. The molecule has 12 heteroatoms. The SMILES string of the molecule is CC[C@H](C(=O)Nc1nnc(-c2ccc(OC)cc2)s1)N(c1cc(Cl)ccc1Cl)S(C)(=O)=O. The standard InChI is InChI=1S/C20H20Cl2N4O4S2/c1-4-16(26(32(3,28)29)17-11-13(21)7-10-15(17)22)18(27)23-20-25-24-19(31-20)12-5-8-14(30-2)9-6-12/h5-11,16H,4H2,1-3H3,(H,23,25,27)/t16-/m1/s1. The van der Waals surface area contributed by atoms with E-state index >= 15 is 0 Å². The molecule has 0 unspecified atom stereocenters. The second-order valence-electron chi connectivity index (χ2n) is 6.71. The van der Waals surface area contributed by atoms with Gasteiger partial charge in [-0.2, -0.15) is 0 Å². The lowest BCUT2D eigenvalue weighted by molar-refractivity contribution is -0.117. The maximum absolute atomic E-state index is 13.1. The summed E-state index contributed by atoms with van der Waals surface area (Å²) >= 11 is 13.4. The smallest absolute Gasteiger partial charge is 0.250 e. The first-order valence-corrected chi connectivity index (χ1v) is 12.8. The van der Waals surface area contributed by atoms with Gasteiger partial charge in [0.2, 0.25) is 21.1 Å². The molecule has 0 saturated carbocycles. The molecule has 1 aromatic heterocycles. The van der Waals surface area contributed by atoms with Gasteiger partial charge in [-0.25, -0.2) is 8.42 Å². The number of hydrogen-bond donors (Lipinski definition) is 1. The number of benzene rings is 2. The highest BCUT2D eigenvalue weighted by atomic mass is 35.5. The molecule has 0 saturated heterocycles. The lowest BCUT2D eigenvalue weighted by atomic mass is 10.2. The molecule has 3 aromatic rings. The van der Waals surface area contributed by atoms with Gasteiger partial charge in [0.15, 0.2) is 0 Å². The van der Waals surface area contributed by atoms with Crippen molar-refractivity contribution in [2.45, 2.75) is 19.4 Å². The van der Waals surface area contributed by atoms with E-state index in [4.69, 9.17) is 27.9 Å². The Morgan fingerprint density at radius 1 is 1.19 bits per heavy atom. The molecule has 170 valence electrons. The normalized spacial score (nSPS) is 12.3. The first-order valence-electron chi connectivity index (χ1n) is 9.37. The van der Waals surface area contributed by atoms with Crippen molar-refractivity contribution in [2.75, 3.05) is 23.0 Å². The molecule has 0 aliphatic rings. The molecule has 2 aromatic carbocycles. The first kappa shape index (κ1) is 24.2. The number of carbonyl (C=O) groups is 1. The van der Waals surface area contributed by atoms with Crippen LogP contribution in [0.1, 0.15) is 13.3 Å². The lowest BCUT2D eigenvalue weighted by Gasteiger charge is -2.30. The molecule has 0 spiro atoms. The molecule has 1 amide bonds. The van der Waals surface area contributed by atoms with E-state index in [9.17, 15) is 13.2 Å². The summed E-state index contributed by atoms with van der Waals surface area (Å²) in [5, 5.41) is 12.1. The molecule has 0 fully saturated rings. The fourth-order valence-electron chi connectivity index (χ4n) is 3.00. The summed E-state index contributed by atoms with van der Waals surface area (Å²) in [4.78, 5) is 13.1. The minimum absolute atomic E-state index is 0.125. The number of sulfonamides is 1. The molecule has 0 radical (unpaired) electrons. The van der Waals surface area contributed by atoms with Gasteiger partial charge < -0.3 is 4.74 Å². The zero-order chi connectivity index (χ0) is 23.5. The molecule has 0 aliphatic heterocycles. The molecule has 3 rings (SSSR count). The summed E-state index contributed by atoms with van der Waals surface area (Å²) < 4.78 is 31.3. The summed E-state index contributed by atoms with van der Waals surface area (Å²) in [5.74, 6) is 0.143. The van der Waals surface area contributed by atoms with Crippen LogP contribution < -0.4 is 14.4 Å². The third-order valence-electron chi connectivity index (χ3n) is 4.47. The van der Waals surface area contributed by atoms with Gasteiger partial charge in [0, 0.05) is 10.6 Å². The third-order valence-corrected chi connectivity index (χ3v) is 7.08. The number of carbonyl (C=O) groups excluding carboxylic acids is 1. The van der Waals surface area contributed by atoms with Crippen molar-refractivity contribution < 1.29 is 17.9 Å². The minimum atomic E-state index is -3.87. The quantitative estimate of drug-likeness (QED) is 0.467. The molecule has 0 aliphatic carbocycles. The van der Waals surface area contributed by atoms with Crippen LogP contribution in [0.25, 0.3) is 10.6 Å². The van der Waals surface area contributed by atoms with Gasteiger partial charge in [-0.15, -0.1) is 10.2 Å². The van der Waals surface area contributed by atoms with E-state index in [0.717, 1.165) is 16.1 Å². The van der Waals surface area contributed by atoms with Crippen LogP contribution in [0.5, 0.6) is 5.75 Å². The summed E-state index contributed by atoms with van der Waals surface area (Å²) in [6.07, 6.45) is 1.19. The van der Waals surface area contributed by atoms with Gasteiger partial charge in [0.25, 0.3) is 0 Å². The van der Waals surface area contributed by atoms with Gasteiger partial charge in [-0.3, -0.25) is 14.4 Å². The Kier molecular flexibility index (Phi) is 7.60. The number of rotatable bonds is 8. The number of methoxy groups -OCH3 is 1. The van der Waals surface area contributed by atoms with Gasteiger partial charge in [-0.1, -0.05) is 41.5 Å². The number of nitrogens with one attached hydrogen (secondary N) is 1. The molecular weight excluding hydrogens is 495 g/mol. The van der Waals surface area contributed by atoms with Crippen molar-refractivity contribution >= 4 is 61.3 Å². The number of ether oxygens (including phenoxy) is 1. The Labute approximate surface area is 200 Å². The van der Waals surface area contributed by atoms with Crippen LogP contribution in [-0.2, 0) is 14.8 Å². The van der Waals surface area contributed by atoms with E-state index in [0.29, 0.717) is 15.8 Å². The Balaban J connectivity index is 1.87. The van der Waals surface area contributed by atoms with Gasteiger partial charge in [-0.05, 0) is 48.9 Å². The fourth-order valence-corrected chi connectivity index (χ4v) is 5.40. The summed E-state index contributed by atoms with van der Waals surface area (Å²) in [7, 11) is -2.29. The van der Waals surface area contributed by atoms with E-state index in [1.54, 1.807) is 26.2 Å². The largest absolute Gasteiger partial charge is 0.497 e. The average Bonchev–Trinajstić information content (AvgIpc) is 3.21. The Hall–Kier alpha value is -2.40. The summed E-state index contributed by atoms with van der Waals surface area (Å²) in [6.45, 7) is 1.70. The maximum Gasteiger partial charge on any atom is 0.250 e. The summed E-state index contributed by atoms with van der Waals surface area (Å²) in [6, 6.07) is 10.6. The number of halogens is 2. The molecule has 32 heavy (non-hydrogen) atoms. The van der Waals surface area contributed by atoms with Gasteiger partial charge >= 0.3 is 0 Å². The number of anilines is 2. The molecule has 1 heterocycles. The van der Waals surface area contributed by atoms with Crippen LogP contribution >= 0.6 is 34.5 Å². The maximum atomic E-state index is 13.1. The number of amides is 1. The molecule has 0 bridgehead atoms. The van der Waals surface area contributed by atoms with Crippen molar-refractivity contribution in [3.63, 3.8) is 0 Å². The van der Waals surface area contributed by atoms with E-state index in [-0.39, 0.29) is 22.3 Å². The molecule has 1 N–H and O–H groups in total. The number of nitrogens with zero attached hydrogens (tertiary/aromatic N) is 3. The van der Waals surface area contributed by atoms with Crippen molar-refractivity contribution in [2.24, 2.45) is 0 Å². The van der Waals surface area contributed by atoms with Crippen LogP contribution in [0.4, 0.5) is 10.8 Å². The van der Waals surface area contributed by atoms with Crippen LogP contribution in [0.2, 0.25) is 10.0 Å². The third kappa shape index (κ3) is 5.50. The molecule has 1 atom stereocenters. The van der Waals surface area contributed by atoms with E-state index in [1.807, 2.05) is 12.1 Å². The predicted octanol–water partition coefficient (Wildman–Crippen LogP) is 4.70. The van der Waals surface area contributed by atoms with Crippen LogP contribution in [-0.4, -0.2) is 43.9 Å².